The summed E-state index contributed by atoms with van der Waals surface area (Å²) in [5.74, 6) is 4.12. The lowest BCUT2D eigenvalue weighted by molar-refractivity contribution is 0.515. The molecule has 21 heavy (non-hydrogen) atoms. The fourth-order valence-corrected chi connectivity index (χ4v) is 4.68. The maximum atomic E-state index is 5.02. The van der Waals surface area contributed by atoms with Gasteiger partial charge >= 0.3 is 0 Å². The molecule has 0 aromatic carbocycles. The molecule has 116 valence electrons. The molecule has 0 spiro atoms. The Hall–Kier alpha value is -0.640. The van der Waals surface area contributed by atoms with Crippen LogP contribution in [0.3, 0.4) is 0 Å². The molecule has 2 atom stereocenters. The predicted octanol–water partition coefficient (Wildman–Crippen LogP) is 5.23. The number of hydrogen-bond donors (Lipinski definition) is 1. The summed E-state index contributed by atoms with van der Waals surface area (Å²) >= 11 is 3.73. The van der Waals surface area contributed by atoms with E-state index < -0.39 is 0 Å². The normalized spacial score (nSPS) is 26.4. The van der Waals surface area contributed by atoms with Crippen LogP contribution < -0.4 is 5.32 Å². The van der Waals surface area contributed by atoms with Crippen molar-refractivity contribution in [1.82, 2.24) is 9.97 Å². The van der Waals surface area contributed by atoms with Gasteiger partial charge < -0.3 is 5.32 Å². The second-order valence-corrected chi connectivity index (χ2v) is 7.44. The molecule has 0 saturated heterocycles. The van der Waals surface area contributed by atoms with E-state index in [-0.39, 0.29) is 0 Å². The van der Waals surface area contributed by atoms with Crippen molar-refractivity contribution < 1.29 is 0 Å². The summed E-state index contributed by atoms with van der Waals surface area (Å²) in [6.45, 7) is 2.30. The lowest BCUT2D eigenvalue weighted by Gasteiger charge is -2.18. The predicted molar refractivity (Wildman–Crippen MR) is 90.9 cm³/mol. The minimum atomic E-state index is 0.565. The van der Waals surface area contributed by atoms with Gasteiger partial charge in [0.2, 0.25) is 0 Å². The molecule has 2 fully saturated rings. The number of anilines is 1. The van der Waals surface area contributed by atoms with E-state index in [1.807, 2.05) is 7.05 Å². The number of nitrogens with zero attached hydrogens (tertiary/aromatic N) is 2. The van der Waals surface area contributed by atoms with Crippen LogP contribution in [0.1, 0.15) is 81.6 Å². The summed E-state index contributed by atoms with van der Waals surface area (Å²) < 4.78 is 1.09. The molecule has 3 nitrogen and oxygen atoms in total. The first-order valence-corrected chi connectivity index (χ1v) is 9.27. The van der Waals surface area contributed by atoms with Crippen molar-refractivity contribution in [3.05, 3.63) is 16.0 Å². The highest BCUT2D eigenvalue weighted by Crippen LogP contribution is 2.42. The maximum absolute atomic E-state index is 5.02. The first-order chi connectivity index (χ1) is 10.2. The van der Waals surface area contributed by atoms with Crippen LogP contribution in [0.5, 0.6) is 0 Å². The molecule has 1 heterocycles. The summed E-state index contributed by atoms with van der Waals surface area (Å²) in [6, 6.07) is 0. The van der Waals surface area contributed by atoms with Crippen molar-refractivity contribution in [2.75, 3.05) is 12.4 Å². The number of nitrogens with one attached hydrogen (secondary N) is 1. The monoisotopic (exact) mass is 351 g/mol. The molecule has 2 saturated carbocycles. The van der Waals surface area contributed by atoms with Crippen molar-refractivity contribution in [1.29, 1.82) is 0 Å². The molecule has 0 radical (unpaired) electrons. The fraction of sp³-hybridized carbons (Fsp3) is 0.765. The Morgan fingerprint density at radius 2 is 1.86 bits per heavy atom. The molecule has 1 N–H and O–H groups in total. The fourth-order valence-electron chi connectivity index (χ4n) is 3.98. The van der Waals surface area contributed by atoms with E-state index in [0.29, 0.717) is 11.8 Å². The van der Waals surface area contributed by atoms with Gasteiger partial charge in [-0.1, -0.05) is 26.2 Å². The maximum Gasteiger partial charge on any atom is 0.144 e. The lowest BCUT2D eigenvalue weighted by atomic mass is 10.0. The molecule has 0 bridgehead atoms. The van der Waals surface area contributed by atoms with Crippen LogP contribution in [0.4, 0.5) is 5.82 Å². The Balaban J connectivity index is 1.91. The van der Waals surface area contributed by atoms with Crippen molar-refractivity contribution in [3.8, 4) is 0 Å². The summed E-state index contributed by atoms with van der Waals surface area (Å²) in [7, 11) is 1.96. The van der Waals surface area contributed by atoms with Crippen LogP contribution in [0.2, 0.25) is 0 Å². The smallest absolute Gasteiger partial charge is 0.144 e. The Bertz CT molecular complexity index is 497. The quantitative estimate of drug-likeness (QED) is 0.806. The summed E-state index contributed by atoms with van der Waals surface area (Å²) in [6.07, 6.45) is 10.4. The van der Waals surface area contributed by atoms with Crippen molar-refractivity contribution >= 4 is 21.7 Å². The van der Waals surface area contributed by atoms with E-state index in [0.717, 1.165) is 22.0 Å². The Morgan fingerprint density at radius 1 is 1.10 bits per heavy atom. The van der Waals surface area contributed by atoms with Gasteiger partial charge in [0.15, 0.2) is 0 Å². The largest absolute Gasteiger partial charge is 0.372 e. The van der Waals surface area contributed by atoms with Gasteiger partial charge in [-0.05, 0) is 54.0 Å². The molecule has 2 aliphatic carbocycles. The minimum Gasteiger partial charge on any atom is -0.372 e. The van der Waals surface area contributed by atoms with Gasteiger partial charge in [-0.25, -0.2) is 9.97 Å². The third-order valence-corrected chi connectivity index (χ3v) is 6.14. The topological polar surface area (TPSA) is 37.8 Å². The zero-order valence-electron chi connectivity index (χ0n) is 13.2. The molecule has 2 unspecified atom stereocenters. The number of hydrogen-bond acceptors (Lipinski definition) is 3. The summed E-state index contributed by atoms with van der Waals surface area (Å²) in [5, 5.41) is 3.25. The van der Waals surface area contributed by atoms with E-state index in [1.165, 1.54) is 57.1 Å². The van der Waals surface area contributed by atoms with Crippen LogP contribution in [0, 0.1) is 5.92 Å². The molecule has 2 aliphatic rings. The molecule has 3 rings (SSSR count). The zero-order valence-corrected chi connectivity index (χ0v) is 14.7. The van der Waals surface area contributed by atoms with E-state index in [2.05, 4.69) is 28.2 Å². The lowest BCUT2D eigenvalue weighted by Crippen LogP contribution is -2.10. The van der Waals surface area contributed by atoms with E-state index in [1.54, 1.807) is 0 Å². The minimum absolute atomic E-state index is 0.565. The number of aromatic nitrogens is 2. The van der Waals surface area contributed by atoms with Crippen molar-refractivity contribution in [3.63, 3.8) is 0 Å². The van der Waals surface area contributed by atoms with Crippen LogP contribution in [-0.4, -0.2) is 17.0 Å². The van der Waals surface area contributed by atoms with E-state index in [9.17, 15) is 0 Å². The number of halogens is 1. The SMILES string of the molecule is CCC1CCC(c2nc(NC)c(Br)c(C3CCCC3)n2)C1. The Labute approximate surface area is 136 Å². The molecule has 1 aromatic rings. The van der Waals surface area contributed by atoms with E-state index in [4.69, 9.17) is 9.97 Å². The highest BCUT2D eigenvalue weighted by Gasteiger charge is 2.30. The first-order valence-electron chi connectivity index (χ1n) is 8.48. The zero-order chi connectivity index (χ0) is 14.8. The first kappa shape index (κ1) is 15.3. The molecule has 4 heteroatoms. The summed E-state index contributed by atoms with van der Waals surface area (Å²) in [4.78, 5) is 9.82. The van der Waals surface area contributed by atoms with Gasteiger partial charge in [-0.2, -0.15) is 0 Å². The molecule has 0 amide bonds. The molecular formula is C17H26BrN3. The van der Waals surface area contributed by atoms with Gasteiger partial charge in [0, 0.05) is 18.9 Å². The van der Waals surface area contributed by atoms with Crippen molar-refractivity contribution in [2.24, 2.45) is 5.92 Å². The van der Waals surface area contributed by atoms with Gasteiger partial charge in [-0.15, -0.1) is 0 Å². The van der Waals surface area contributed by atoms with Crippen LogP contribution in [0.15, 0.2) is 4.47 Å². The van der Waals surface area contributed by atoms with Gasteiger partial charge in [0.25, 0.3) is 0 Å². The average molecular weight is 352 g/mol. The second-order valence-electron chi connectivity index (χ2n) is 6.65. The molecule has 1 aromatic heterocycles. The average Bonchev–Trinajstić information content (AvgIpc) is 3.18. The molecule has 0 aliphatic heterocycles. The van der Waals surface area contributed by atoms with Crippen molar-refractivity contribution in [2.45, 2.75) is 70.1 Å². The van der Waals surface area contributed by atoms with Crippen LogP contribution in [-0.2, 0) is 0 Å². The third-order valence-electron chi connectivity index (χ3n) is 5.36. The van der Waals surface area contributed by atoms with Gasteiger partial charge in [0.05, 0.1) is 10.2 Å². The van der Waals surface area contributed by atoms with Crippen LogP contribution >= 0.6 is 15.9 Å². The standard InChI is InChI=1S/C17H26BrN3/c1-3-11-8-9-13(10-11)16-20-15(12-6-4-5-7-12)14(18)17(19-2)21-16/h11-13H,3-10H2,1-2H3,(H,19,20,21). The van der Waals surface area contributed by atoms with Gasteiger partial charge in [-0.3, -0.25) is 0 Å². The third kappa shape index (κ3) is 3.10. The highest BCUT2D eigenvalue weighted by atomic mass is 79.9. The molecular weight excluding hydrogens is 326 g/mol. The summed E-state index contributed by atoms with van der Waals surface area (Å²) in [5.41, 5.74) is 1.25. The Kier molecular flexibility index (Phi) is 4.82. The highest BCUT2D eigenvalue weighted by molar-refractivity contribution is 9.10. The van der Waals surface area contributed by atoms with Gasteiger partial charge in [0.1, 0.15) is 11.6 Å². The van der Waals surface area contributed by atoms with E-state index >= 15 is 0 Å². The Morgan fingerprint density at radius 3 is 2.48 bits per heavy atom. The van der Waals surface area contributed by atoms with Crippen LogP contribution in [0.25, 0.3) is 0 Å². The second kappa shape index (κ2) is 6.64. The number of rotatable bonds is 4.